The summed E-state index contributed by atoms with van der Waals surface area (Å²) < 4.78 is 0. The summed E-state index contributed by atoms with van der Waals surface area (Å²) in [6.45, 7) is 2.20. The fourth-order valence-corrected chi connectivity index (χ4v) is 3.40. The molecule has 0 aliphatic heterocycles. The Morgan fingerprint density at radius 2 is 2.40 bits per heavy atom. The largest absolute Gasteiger partial charge is 0.387 e. The van der Waals surface area contributed by atoms with Crippen molar-refractivity contribution in [2.45, 2.75) is 44.2 Å². The highest BCUT2D eigenvalue weighted by Gasteiger charge is 2.37. The minimum atomic E-state index is -0.636. The molecular weight excluding hydrogens is 296 g/mol. The molecule has 1 aromatic heterocycles. The number of halogens is 1. The van der Waals surface area contributed by atoms with Gasteiger partial charge in [-0.05, 0) is 42.2 Å². The Hall–Kier alpha value is -0.620. The van der Waals surface area contributed by atoms with E-state index in [0.717, 1.165) is 31.2 Å². The smallest absolute Gasteiger partial charge is 0.225 e. The molecule has 0 radical (unpaired) electrons. The molecule has 0 saturated heterocycles. The lowest BCUT2D eigenvalue weighted by molar-refractivity contribution is -0.128. The maximum absolute atomic E-state index is 12.2. The third kappa shape index (κ3) is 4.19. The molecule has 1 amide bonds. The highest BCUT2D eigenvalue weighted by Crippen LogP contribution is 2.31. The lowest BCUT2D eigenvalue weighted by Crippen LogP contribution is -2.53. The number of rotatable bonds is 4. The van der Waals surface area contributed by atoms with Crippen molar-refractivity contribution in [1.82, 2.24) is 5.32 Å². The molecule has 0 bridgehead atoms. The second-order valence-electron chi connectivity index (χ2n) is 5.62. The molecule has 1 fully saturated rings. The van der Waals surface area contributed by atoms with E-state index in [1.165, 1.54) is 11.3 Å². The van der Waals surface area contributed by atoms with Crippen molar-refractivity contribution in [3.05, 3.63) is 22.4 Å². The molecule has 114 valence electrons. The van der Waals surface area contributed by atoms with Crippen molar-refractivity contribution in [2.75, 3.05) is 6.54 Å². The van der Waals surface area contributed by atoms with Gasteiger partial charge in [-0.2, -0.15) is 11.3 Å². The van der Waals surface area contributed by atoms with Gasteiger partial charge in [-0.1, -0.05) is 12.8 Å². The van der Waals surface area contributed by atoms with Gasteiger partial charge in [0.1, 0.15) is 0 Å². The first-order chi connectivity index (χ1) is 9.00. The van der Waals surface area contributed by atoms with Gasteiger partial charge in [-0.15, -0.1) is 12.4 Å². The number of amides is 1. The standard InChI is InChI=1S/C14H22N2O2S.ClH/c1-14(15)6-3-2-4-11(14)13(18)16-8-12(17)10-5-7-19-9-10;/h5,7,9,11-12,17H,2-4,6,8,15H2,1H3,(H,16,18);1H. The average molecular weight is 319 g/mol. The lowest BCUT2D eigenvalue weighted by Gasteiger charge is -2.37. The molecule has 4 N–H and O–H groups in total. The van der Waals surface area contributed by atoms with E-state index >= 15 is 0 Å². The number of carbonyl (C=O) groups excluding carboxylic acids is 1. The highest BCUT2D eigenvalue weighted by molar-refractivity contribution is 7.07. The average Bonchev–Trinajstić information content (AvgIpc) is 2.89. The molecule has 3 unspecified atom stereocenters. The van der Waals surface area contributed by atoms with Crippen LogP contribution in [0.2, 0.25) is 0 Å². The minimum absolute atomic E-state index is 0. The van der Waals surface area contributed by atoms with E-state index in [1.54, 1.807) is 0 Å². The van der Waals surface area contributed by atoms with Gasteiger partial charge < -0.3 is 16.2 Å². The van der Waals surface area contributed by atoms with Crippen LogP contribution in [-0.2, 0) is 4.79 Å². The number of nitrogens with one attached hydrogen (secondary N) is 1. The summed E-state index contributed by atoms with van der Waals surface area (Å²) in [7, 11) is 0. The first-order valence-corrected chi connectivity index (χ1v) is 7.72. The van der Waals surface area contributed by atoms with Crippen molar-refractivity contribution < 1.29 is 9.90 Å². The van der Waals surface area contributed by atoms with Crippen LogP contribution in [0, 0.1) is 5.92 Å². The van der Waals surface area contributed by atoms with E-state index in [9.17, 15) is 9.90 Å². The van der Waals surface area contributed by atoms with Crippen molar-refractivity contribution >= 4 is 29.7 Å². The Labute approximate surface area is 130 Å². The third-order valence-electron chi connectivity index (χ3n) is 3.97. The van der Waals surface area contributed by atoms with Gasteiger partial charge in [0.05, 0.1) is 12.0 Å². The fraction of sp³-hybridized carbons (Fsp3) is 0.643. The first-order valence-electron chi connectivity index (χ1n) is 6.77. The highest BCUT2D eigenvalue weighted by atomic mass is 35.5. The van der Waals surface area contributed by atoms with Crippen molar-refractivity contribution in [3.63, 3.8) is 0 Å². The van der Waals surface area contributed by atoms with E-state index < -0.39 is 11.6 Å². The van der Waals surface area contributed by atoms with Crippen LogP contribution in [0.3, 0.4) is 0 Å². The minimum Gasteiger partial charge on any atom is -0.387 e. The van der Waals surface area contributed by atoms with Crippen molar-refractivity contribution in [1.29, 1.82) is 0 Å². The molecule has 2 rings (SSSR count). The number of hydrogen-bond donors (Lipinski definition) is 3. The summed E-state index contributed by atoms with van der Waals surface area (Å²) in [5.74, 6) is -0.171. The summed E-state index contributed by atoms with van der Waals surface area (Å²) >= 11 is 1.54. The molecule has 1 aromatic rings. The first kappa shape index (κ1) is 17.4. The maximum atomic E-state index is 12.2. The van der Waals surface area contributed by atoms with Crippen LogP contribution in [0.25, 0.3) is 0 Å². The van der Waals surface area contributed by atoms with Crippen LogP contribution in [-0.4, -0.2) is 23.1 Å². The van der Waals surface area contributed by atoms with Crippen LogP contribution >= 0.6 is 23.7 Å². The molecule has 6 heteroatoms. The zero-order chi connectivity index (χ0) is 13.9. The van der Waals surface area contributed by atoms with Crippen molar-refractivity contribution in [2.24, 2.45) is 11.7 Å². The second kappa shape index (κ2) is 7.41. The predicted octanol–water partition coefficient (Wildman–Crippen LogP) is 2.23. The van der Waals surface area contributed by atoms with Gasteiger partial charge in [0, 0.05) is 12.1 Å². The third-order valence-corrected chi connectivity index (χ3v) is 4.67. The lowest BCUT2D eigenvalue weighted by atomic mass is 9.74. The maximum Gasteiger partial charge on any atom is 0.225 e. The summed E-state index contributed by atoms with van der Waals surface area (Å²) in [5, 5.41) is 16.6. The van der Waals surface area contributed by atoms with E-state index in [0.29, 0.717) is 0 Å². The molecule has 1 saturated carbocycles. The molecule has 20 heavy (non-hydrogen) atoms. The Bertz CT molecular complexity index is 423. The Balaban J connectivity index is 0.00000200. The Morgan fingerprint density at radius 1 is 1.65 bits per heavy atom. The normalized spacial score (nSPS) is 27.4. The van der Waals surface area contributed by atoms with Crippen LogP contribution < -0.4 is 11.1 Å². The van der Waals surface area contributed by atoms with Crippen LogP contribution in [0.1, 0.15) is 44.3 Å². The summed E-state index contributed by atoms with van der Waals surface area (Å²) in [4.78, 5) is 12.2. The topological polar surface area (TPSA) is 75.4 Å². The zero-order valence-electron chi connectivity index (χ0n) is 11.7. The van der Waals surface area contributed by atoms with Gasteiger partial charge in [0.15, 0.2) is 0 Å². The predicted molar refractivity (Wildman–Crippen MR) is 84.1 cm³/mol. The number of hydrogen-bond acceptors (Lipinski definition) is 4. The Kier molecular flexibility index (Phi) is 6.45. The zero-order valence-corrected chi connectivity index (χ0v) is 13.3. The van der Waals surface area contributed by atoms with E-state index in [-0.39, 0.29) is 30.8 Å². The molecule has 1 aliphatic carbocycles. The van der Waals surface area contributed by atoms with Gasteiger partial charge in [0.25, 0.3) is 0 Å². The van der Waals surface area contributed by atoms with E-state index in [1.807, 2.05) is 23.8 Å². The quantitative estimate of drug-likeness (QED) is 0.797. The second-order valence-corrected chi connectivity index (χ2v) is 6.40. The Morgan fingerprint density at radius 3 is 3.00 bits per heavy atom. The van der Waals surface area contributed by atoms with Gasteiger partial charge in [0.2, 0.25) is 5.91 Å². The molecule has 4 nitrogen and oxygen atoms in total. The number of carbonyl (C=O) groups is 1. The van der Waals surface area contributed by atoms with Crippen LogP contribution in [0.5, 0.6) is 0 Å². The van der Waals surface area contributed by atoms with Crippen LogP contribution in [0.15, 0.2) is 16.8 Å². The van der Waals surface area contributed by atoms with E-state index in [2.05, 4.69) is 5.32 Å². The number of aliphatic hydroxyl groups is 1. The molecule has 3 atom stereocenters. The van der Waals surface area contributed by atoms with Crippen LogP contribution in [0.4, 0.5) is 0 Å². The molecule has 0 aromatic carbocycles. The van der Waals surface area contributed by atoms with Gasteiger partial charge >= 0.3 is 0 Å². The van der Waals surface area contributed by atoms with Gasteiger partial charge in [-0.25, -0.2) is 0 Å². The van der Waals surface area contributed by atoms with E-state index in [4.69, 9.17) is 5.73 Å². The number of thiophene rings is 1. The summed E-state index contributed by atoms with van der Waals surface area (Å²) in [5.41, 5.74) is 6.63. The summed E-state index contributed by atoms with van der Waals surface area (Å²) in [6, 6.07) is 1.87. The molecule has 0 spiro atoms. The monoisotopic (exact) mass is 318 g/mol. The van der Waals surface area contributed by atoms with Crippen molar-refractivity contribution in [3.8, 4) is 0 Å². The molecule has 1 aliphatic rings. The molecule has 1 heterocycles. The number of nitrogens with two attached hydrogens (primary N) is 1. The number of aliphatic hydroxyl groups excluding tert-OH is 1. The fourth-order valence-electron chi connectivity index (χ4n) is 2.69. The summed E-state index contributed by atoms with van der Waals surface area (Å²) in [6.07, 6.45) is 3.24. The SMILES string of the molecule is CC1(N)CCCCC1C(=O)NCC(O)c1ccsc1.Cl. The molecular formula is C14H23ClN2O2S. The van der Waals surface area contributed by atoms with Gasteiger partial charge in [-0.3, -0.25) is 4.79 Å².